The summed E-state index contributed by atoms with van der Waals surface area (Å²) in [6.07, 6.45) is 0.866. The number of carbonyl (C=O) groups excluding carboxylic acids is 1. The molecule has 1 aliphatic rings. The summed E-state index contributed by atoms with van der Waals surface area (Å²) in [5.41, 5.74) is 0. The highest BCUT2D eigenvalue weighted by Gasteiger charge is 2.41. The van der Waals surface area contributed by atoms with Crippen molar-refractivity contribution >= 4 is 51.2 Å². The summed E-state index contributed by atoms with van der Waals surface area (Å²) in [7, 11) is -4.97. The molecule has 0 unspecified atom stereocenters. The molecular weight excluding hydrogens is 441 g/mol. The molecule has 0 N–H and O–H groups in total. The van der Waals surface area contributed by atoms with E-state index in [-0.39, 0.29) is 12.4 Å². The van der Waals surface area contributed by atoms with Crippen LogP contribution in [-0.2, 0) is 39.3 Å². The van der Waals surface area contributed by atoms with Crippen LogP contribution in [0.1, 0.15) is 12.8 Å². The second-order valence-corrected chi connectivity index (χ2v) is 18.7. The molecule has 1 rings (SSSR count). The normalized spacial score (nSPS) is 25.8. The molecule has 0 aromatic carbocycles. The van der Waals surface area contributed by atoms with Crippen molar-refractivity contribution in [2.75, 3.05) is 27.9 Å². The third kappa shape index (κ3) is 9.09. The molecule has 0 aliphatic carbocycles. The molecule has 0 spiro atoms. The van der Waals surface area contributed by atoms with Gasteiger partial charge in [0, 0.05) is 39.8 Å². The highest BCUT2D eigenvalue weighted by Crippen LogP contribution is 2.22. The Morgan fingerprint density at radius 1 is 1.07 bits per heavy atom. The van der Waals surface area contributed by atoms with Crippen molar-refractivity contribution in [1.29, 1.82) is 0 Å². The van der Waals surface area contributed by atoms with Crippen LogP contribution in [0.15, 0.2) is 0 Å². The van der Waals surface area contributed by atoms with Crippen LogP contribution in [0.3, 0.4) is 0 Å². The fourth-order valence-electron chi connectivity index (χ4n) is 2.70. The van der Waals surface area contributed by atoms with E-state index in [1.54, 1.807) is 21.3 Å². The zero-order valence-corrected chi connectivity index (χ0v) is 22.4. The van der Waals surface area contributed by atoms with Crippen molar-refractivity contribution in [2.45, 2.75) is 51.1 Å². The molecule has 0 amide bonds. The van der Waals surface area contributed by atoms with Crippen LogP contribution >= 0.6 is 0 Å². The van der Waals surface area contributed by atoms with Gasteiger partial charge in [-0.2, -0.15) is 0 Å². The third-order valence-electron chi connectivity index (χ3n) is 3.99. The maximum atomic E-state index is 12.1. The Kier molecular flexibility index (Phi) is 11.3. The van der Waals surface area contributed by atoms with E-state index in [1.165, 1.54) is 0 Å². The second-order valence-electron chi connectivity index (χ2n) is 6.24. The lowest BCUT2D eigenvalue weighted by Crippen LogP contribution is -2.53. The lowest BCUT2D eigenvalue weighted by molar-refractivity contribution is -0.143. The van der Waals surface area contributed by atoms with Crippen LogP contribution in [0, 0.1) is 0 Å². The Morgan fingerprint density at radius 2 is 1.59 bits per heavy atom. The minimum Gasteiger partial charge on any atom is -0.466 e. The molecule has 1 aliphatic heterocycles. The van der Waals surface area contributed by atoms with Gasteiger partial charge in [-0.15, -0.1) is 0 Å². The molecule has 1 heterocycles. The van der Waals surface area contributed by atoms with Crippen molar-refractivity contribution in [2.24, 2.45) is 0 Å². The van der Waals surface area contributed by atoms with Crippen LogP contribution in [0.2, 0.25) is 38.3 Å². The Labute approximate surface area is 169 Å². The summed E-state index contributed by atoms with van der Waals surface area (Å²) in [4.78, 5) is 12.1. The summed E-state index contributed by atoms with van der Waals surface area (Å²) in [6, 6.07) is 1.11. The van der Waals surface area contributed by atoms with Crippen molar-refractivity contribution in [3.63, 3.8) is 0 Å². The van der Waals surface area contributed by atoms with Gasteiger partial charge in [0.05, 0.1) is 6.61 Å². The van der Waals surface area contributed by atoms with Gasteiger partial charge in [0.15, 0.2) is 0 Å². The van der Waals surface area contributed by atoms with Gasteiger partial charge in [-0.25, -0.2) is 0 Å². The SMILES string of the molecule is CO[Si](CCCOC(=O)CC[Si]1(C)O[Si](C)O[SiH](C)O[Si](C)O1)(OC)OC. The molecule has 2 radical (unpaired) electrons. The Hall–Kier alpha value is 0.274. The minimum atomic E-state index is -2.62. The summed E-state index contributed by atoms with van der Waals surface area (Å²) in [6.45, 7) is 8.11. The highest BCUT2D eigenvalue weighted by atomic mass is 28.5. The van der Waals surface area contributed by atoms with Gasteiger partial charge in [-0.05, 0) is 32.6 Å². The third-order valence-corrected chi connectivity index (χ3v) is 19.0. The number of hydrogen-bond donors (Lipinski definition) is 0. The van der Waals surface area contributed by atoms with Gasteiger partial charge in [-0.3, -0.25) is 4.79 Å². The van der Waals surface area contributed by atoms with Crippen LogP contribution in [0.4, 0.5) is 0 Å². The number of ether oxygens (including phenoxy) is 1. The Bertz CT molecular complexity index is 432. The zero-order valence-electron chi connectivity index (χ0n) is 17.3. The molecule has 27 heavy (non-hydrogen) atoms. The van der Waals surface area contributed by atoms with Crippen LogP contribution in [-0.4, -0.2) is 79.1 Å². The van der Waals surface area contributed by atoms with Crippen molar-refractivity contribution in [3.8, 4) is 0 Å². The van der Waals surface area contributed by atoms with Gasteiger partial charge in [0.25, 0.3) is 9.28 Å². The van der Waals surface area contributed by atoms with Crippen LogP contribution < -0.4 is 0 Å². The summed E-state index contributed by atoms with van der Waals surface area (Å²) in [5, 5.41) is 0. The van der Waals surface area contributed by atoms with Crippen LogP contribution in [0.5, 0.6) is 0 Å². The van der Waals surface area contributed by atoms with Crippen molar-refractivity contribution in [3.05, 3.63) is 0 Å². The van der Waals surface area contributed by atoms with Gasteiger partial charge in [-0.1, -0.05) is 0 Å². The quantitative estimate of drug-likeness (QED) is 0.266. The first kappa shape index (κ1) is 25.3. The van der Waals surface area contributed by atoms with Crippen molar-refractivity contribution < 1.29 is 39.3 Å². The van der Waals surface area contributed by atoms with Gasteiger partial charge in [0.2, 0.25) is 0 Å². The first-order valence-electron chi connectivity index (χ1n) is 8.87. The zero-order chi connectivity index (χ0) is 20.5. The predicted octanol–water partition coefficient (Wildman–Crippen LogP) is 1.43. The smallest absolute Gasteiger partial charge is 0.466 e. The fraction of sp³-hybridized carbons (Fsp3) is 0.923. The molecule has 14 heteroatoms. The maximum Gasteiger partial charge on any atom is 0.500 e. The highest BCUT2D eigenvalue weighted by molar-refractivity contribution is 6.81. The predicted molar refractivity (Wildman–Crippen MR) is 109 cm³/mol. The lowest BCUT2D eigenvalue weighted by atomic mass is 10.5. The standard InChI is InChI=1S/C13H32O9Si5/c1-15-27(16-2,17-3)11-8-10-18-13(14)9-12-26(7)21-24(5)19-23(4)20-25(6)22-26/h23H,8-12H2,1-7H3. The molecule has 9 nitrogen and oxygen atoms in total. The molecule has 1 fully saturated rings. The number of rotatable bonds is 10. The molecule has 158 valence electrons. The molecular formula is C13H32O9Si5. The van der Waals surface area contributed by atoms with E-state index in [1.807, 2.05) is 26.2 Å². The monoisotopic (exact) mass is 472 g/mol. The van der Waals surface area contributed by atoms with Gasteiger partial charge >= 0.3 is 41.9 Å². The van der Waals surface area contributed by atoms with E-state index < -0.39 is 45.2 Å². The first-order valence-corrected chi connectivity index (χ1v) is 19.1. The van der Waals surface area contributed by atoms with E-state index in [0.29, 0.717) is 25.1 Å². The van der Waals surface area contributed by atoms with E-state index in [0.717, 1.165) is 0 Å². The Balaban J connectivity index is 2.39. The minimum absolute atomic E-state index is 0.251. The number of esters is 1. The molecule has 0 atom stereocenters. The molecule has 0 aromatic rings. The van der Waals surface area contributed by atoms with Crippen molar-refractivity contribution in [1.82, 2.24) is 0 Å². The summed E-state index contributed by atoms with van der Waals surface area (Å²) in [5.74, 6) is -0.267. The average Bonchev–Trinajstić information content (AvgIpc) is 2.59. The maximum absolute atomic E-state index is 12.1. The number of carbonyl (C=O) groups is 1. The largest absolute Gasteiger partial charge is 0.500 e. The second kappa shape index (κ2) is 12.1. The number of hydrogen-bond acceptors (Lipinski definition) is 9. The van der Waals surface area contributed by atoms with E-state index >= 15 is 0 Å². The van der Waals surface area contributed by atoms with E-state index in [9.17, 15) is 4.79 Å². The van der Waals surface area contributed by atoms with Gasteiger partial charge < -0.3 is 34.5 Å². The molecule has 0 aromatic heterocycles. The summed E-state index contributed by atoms with van der Waals surface area (Å²) < 4.78 is 45.2. The average molecular weight is 473 g/mol. The topological polar surface area (TPSA) is 90.9 Å². The fourth-order valence-corrected chi connectivity index (χ4v) is 16.9. The first-order chi connectivity index (χ1) is 12.7. The van der Waals surface area contributed by atoms with E-state index in [2.05, 4.69) is 0 Å². The summed E-state index contributed by atoms with van der Waals surface area (Å²) >= 11 is 0. The lowest BCUT2D eigenvalue weighted by Gasteiger charge is -2.35. The van der Waals surface area contributed by atoms with Gasteiger partial charge in [0.1, 0.15) is 0 Å². The van der Waals surface area contributed by atoms with E-state index in [4.69, 9.17) is 34.5 Å². The van der Waals surface area contributed by atoms with Crippen LogP contribution in [0.25, 0.3) is 0 Å². The molecule has 1 saturated heterocycles. The molecule has 0 bridgehead atoms. The molecule has 0 saturated carbocycles. The Morgan fingerprint density at radius 3 is 2.07 bits per heavy atom.